The third-order valence-electron chi connectivity index (χ3n) is 12.5. The molecule has 0 saturated heterocycles. The second-order valence-corrected chi connectivity index (χ2v) is 24.5. The minimum atomic E-state index is -6.13. The Morgan fingerprint density at radius 2 is 0.488 bits per heavy atom. The molecule has 0 saturated carbocycles. The Balaban J connectivity index is 0.000000309. The molecule has 0 aliphatic heterocycles. The quantitative estimate of drug-likeness (QED) is 0.0772. The fraction of sp³-hybridized carbons (Fsp3) is 0.185. The molecule has 2 nitrogen and oxygen atoms in total. The van der Waals surface area contributed by atoms with E-state index in [1.807, 2.05) is 46.9 Å². The van der Waals surface area contributed by atoms with Gasteiger partial charge in [0, 0.05) is 21.9 Å². The molecule has 0 fully saturated rings. The first-order valence-electron chi connectivity index (χ1n) is 23.0. The molecule has 0 bridgehead atoms. The van der Waals surface area contributed by atoms with Crippen molar-refractivity contribution in [3.63, 3.8) is 0 Å². The van der Waals surface area contributed by atoms with Gasteiger partial charge in [0.15, 0.2) is 0 Å². The highest BCUT2D eigenvalue weighted by atomic mass is 127. The van der Waals surface area contributed by atoms with Crippen LogP contribution in [0.2, 0.25) is 0 Å². The largest absolute Gasteiger partial charge is 0.497 e. The molecule has 2 aromatic heterocycles. The van der Waals surface area contributed by atoms with E-state index in [2.05, 4.69) is 48.5 Å². The van der Waals surface area contributed by atoms with E-state index in [0.29, 0.717) is 0 Å². The van der Waals surface area contributed by atoms with Crippen molar-refractivity contribution in [2.24, 2.45) is 0 Å². The van der Waals surface area contributed by atoms with Crippen LogP contribution in [0.5, 0.6) is 11.5 Å². The molecule has 0 aliphatic carbocycles. The number of methoxy groups -OCH3 is 2. The summed E-state index contributed by atoms with van der Waals surface area (Å²) in [6.45, 7) is 0. The molecule has 6 aromatic carbocycles. The molecule has 30 heteroatoms. The highest BCUT2D eigenvalue weighted by Crippen LogP contribution is 2.42. The maximum atomic E-state index is 14.2. The average Bonchev–Trinajstić information content (AvgIpc) is 0.850. The van der Waals surface area contributed by atoms with Gasteiger partial charge in [-0.15, -0.1) is 0 Å². The van der Waals surface area contributed by atoms with Crippen molar-refractivity contribution in [1.82, 2.24) is 0 Å². The fourth-order valence-corrected chi connectivity index (χ4v) is 15.0. The summed E-state index contributed by atoms with van der Waals surface area (Å²) in [7, 11) is 3.40. The van der Waals surface area contributed by atoms with Gasteiger partial charge in [0.2, 0.25) is 5.77 Å². The Morgan fingerprint density at radius 3 is 0.667 bits per heavy atom. The first kappa shape index (κ1) is 65.0. The van der Waals surface area contributed by atoms with Crippen LogP contribution in [-0.2, 0) is 49.4 Å². The molecule has 0 amide bonds. The Kier molecular flexibility index (Phi) is 18.1. The second-order valence-electron chi connectivity index (χ2n) is 18.0. The standard InChI is InChI=1S/C32H12BF24.C22H18IO2S2/c34-25(35,36)13-1-14(26(37,38)39)6-21(5-13)33(22-7-15(27(40,41)42)2-16(8-22)28(43,44)45,23-9-17(29(46,47)48)3-18(10-23)30(49,50)51)24-11-19(31(52,53)54)4-20(12-24)32(55,56)57;1-24-17-7-3-15(4-8-17)19-11-13-21(26-19)23-22-14-12-20(27-22)16-5-9-18(25-2)10-6-16/h1-12H;3-14H,1-2H3/q-1;+1. The molecule has 448 valence electrons. The molecule has 8 aromatic rings. The van der Waals surface area contributed by atoms with Crippen LogP contribution in [0.15, 0.2) is 146 Å². The Morgan fingerprint density at radius 1 is 0.286 bits per heavy atom. The second kappa shape index (κ2) is 23.4. The average molecular weight is 1370 g/mol. The van der Waals surface area contributed by atoms with Crippen molar-refractivity contribution in [2.45, 2.75) is 49.4 Å². The monoisotopic (exact) mass is 1370 g/mol. The van der Waals surface area contributed by atoms with Crippen LogP contribution in [0.3, 0.4) is 0 Å². The third kappa shape index (κ3) is 14.9. The minimum Gasteiger partial charge on any atom is -0.497 e. The van der Waals surface area contributed by atoms with E-state index in [9.17, 15) is 105 Å². The van der Waals surface area contributed by atoms with E-state index in [4.69, 9.17) is 9.47 Å². The van der Waals surface area contributed by atoms with Crippen LogP contribution in [0.4, 0.5) is 105 Å². The van der Waals surface area contributed by atoms with E-state index in [1.165, 1.54) is 26.6 Å². The molecular weight excluding hydrogens is 1340 g/mol. The van der Waals surface area contributed by atoms with Crippen LogP contribution in [0, 0.1) is 5.77 Å². The molecule has 0 aliphatic rings. The third-order valence-corrected chi connectivity index (χ3v) is 18.5. The van der Waals surface area contributed by atoms with Crippen molar-refractivity contribution in [1.29, 1.82) is 0 Å². The summed E-state index contributed by atoms with van der Waals surface area (Å²) < 4.78 is 354. The zero-order valence-corrected chi connectivity index (χ0v) is 45.3. The van der Waals surface area contributed by atoms with Crippen molar-refractivity contribution in [2.75, 3.05) is 14.2 Å². The van der Waals surface area contributed by atoms with Gasteiger partial charge in [-0.05, 0) is 96.1 Å². The SMILES string of the molecule is COc1ccc(-c2ccc([I+]c3ccc(-c4ccc(OC)cc4)s3)s2)cc1.FC(F)(F)c1cc([B-](c2cc(C(F)(F)F)cc(C(F)(F)F)c2)(c2cc(C(F)(F)F)cc(C(F)(F)F)c2)c2cc(C(F)(F)F)cc(C(F)(F)F)c2)cc(C(F)(F)F)c1. The summed E-state index contributed by atoms with van der Waals surface area (Å²) in [4.78, 5) is 2.64. The predicted octanol–water partition coefficient (Wildman–Crippen LogP) is 14.5. The highest BCUT2D eigenvalue weighted by molar-refractivity contribution is 7.20. The first-order chi connectivity index (χ1) is 38.5. The van der Waals surface area contributed by atoms with Gasteiger partial charge in [-0.2, -0.15) is 127 Å². The number of ether oxygens (including phenoxy) is 2. The zero-order chi connectivity index (χ0) is 62.6. The van der Waals surface area contributed by atoms with Crippen molar-refractivity contribution in [3.05, 3.63) is 196 Å². The Hall–Kier alpha value is -6.57. The molecule has 0 spiro atoms. The zero-order valence-electron chi connectivity index (χ0n) is 41.5. The maximum Gasteiger partial charge on any atom is 0.416 e. The number of benzene rings is 6. The molecular formula is C54H30BF24IO2S2. The Labute approximate surface area is 476 Å². The number of alkyl halides is 24. The number of rotatable bonds is 10. The van der Waals surface area contributed by atoms with Crippen molar-refractivity contribution in [3.8, 4) is 32.4 Å². The highest BCUT2D eigenvalue weighted by Gasteiger charge is 2.47. The lowest BCUT2D eigenvalue weighted by molar-refractivity contribution is -0.585. The van der Waals surface area contributed by atoms with E-state index in [0.717, 1.165) is 11.5 Å². The summed E-state index contributed by atoms with van der Waals surface area (Å²) in [5, 5.41) is 0. The summed E-state index contributed by atoms with van der Waals surface area (Å²) in [5.74, 6) is 1.79. The lowest BCUT2D eigenvalue weighted by Gasteiger charge is -2.46. The molecule has 84 heavy (non-hydrogen) atoms. The normalized spacial score (nSPS) is 13.2. The van der Waals surface area contributed by atoms with E-state index < -0.39 is 195 Å². The van der Waals surface area contributed by atoms with Crippen LogP contribution < -0.4 is 52.5 Å². The maximum absolute atomic E-state index is 14.2. The molecule has 0 radical (unpaired) electrons. The van der Waals surface area contributed by atoms with Gasteiger partial charge in [-0.3, -0.25) is 0 Å². The predicted molar refractivity (Wildman–Crippen MR) is 260 cm³/mol. The molecule has 0 N–H and O–H groups in total. The molecule has 2 heterocycles. The van der Waals surface area contributed by atoms with Crippen LogP contribution in [0.1, 0.15) is 44.5 Å². The van der Waals surface area contributed by atoms with Crippen LogP contribution in [0.25, 0.3) is 20.9 Å². The van der Waals surface area contributed by atoms with Crippen molar-refractivity contribution >= 4 is 50.7 Å². The van der Waals surface area contributed by atoms with Crippen LogP contribution >= 0.6 is 22.7 Å². The molecule has 0 unspecified atom stereocenters. The Bertz CT molecular complexity index is 3100. The van der Waals surface area contributed by atoms with Gasteiger partial charge in [0.25, 0.3) is 0 Å². The number of hydrogen-bond acceptors (Lipinski definition) is 4. The minimum absolute atomic E-state index is 0.145. The van der Waals surface area contributed by atoms with Gasteiger partial charge < -0.3 is 9.47 Å². The van der Waals surface area contributed by atoms with Crippen molar-refractivity contribution < 1.29 is 136 Å². The smallest absolute Gasteiger partial charge is 0.416 e. The number of halogens is 25. The lowest BCUT2D eigenvalue weighted by Crippen LogP contribution is -3.61. The van der Waals surface area contributed by atoms with E-state index in [-0.39, 0.29) is 21.2 Å². The molecule has 0 atom stereocenters. The van der Waals surface area contributed by atoms with Gasteiger partial charge in [-0.25, -0.2) is 0 Å². The van der Waals surface area contributed by atoms with E-state index in [1.54, 1.807) is 14.2 Å². The summed E-state index contributed by atoms with van der Waals surface area (Å²) in [5.41, 5.74) is -27.7. The van der Waals surface area contributed by atoms with Crippen LogP contribution in [-0.4, -0.2) is 20.4 Å². The topological polar surface area (TPSA) is 18.5 Å². The van der Waals surface area contributed by atoms with E-state index >= 15 is 0 Å². The van der Waals surface area contributed by atoms with Gasteiger partial charge in [-0.1, -0.05) is 71.2 Å². The number of thiophene rings is 2. The van der Waals surface area contributed by atoms with Gasteiger partial charge >= 0.3 is 70.6 Å². The first-order valence-corrected chi connectivity index (χ1v) is 26.8. The summed E-state index contributed by atoms with van der Waals surface area (Å²) >= 11 is 3.66. The summed E-state index contributed by atoms with van der Waals surface area (Å²) in [6, 6.07) is 16.8. The fourth-order valence-electron chi connectivity index (χ4n) is 8.71. The summed E-state index contributed by atoms with van der Waals surface area (Å²) in [6.07, 6.45) is -54.8. The lowest BCUT2D eigenvalue weighted by atomic mass is 9.12. The number of hydrogen-bond donors (Lipinski definition) is 0. The van der Waals surface area contributed by atoms with Gasteiger partial charge in [0.1, 0.15) is 17.6 Å². The van der Waals surface area contributed by atoms with Gasteiger partial charge in [0.05, 0.1) is 58.7 Å². The molecule has 8 rings (SSSR count).